The molecule has 0 amide bonds. The zero-order valence-electron chi connectivity index (χ0n) is 14.6. The Bertz CT molecular complexity index is 1020. The van der Waals surface area contributed by atoms with Gasteiger partial charge < -0.3 is 10.2 Å². The van der Waals surface area contributed by atoms with Crippen molar-refractivity contribution < 1.29 is 13.3 Å². The lowest BCUT2D eigenvalue weighted by Crippen LogP contribution is -2.45. The molecule has 0 bridgehead atoms. The molecule has 0 radical (unpaired) electrons. The third-order valence-electron chi connectivity index (χ3n) is 4.54. The topological polar surface area (TPSA) is 63.6 Å². The lowest BCUT2D eigenvalue weighted by Gasteiger charge is -2.27. The highest BCUT2D eigenvalue weighted by atomic mass is 32.2. The van der Waals surface area contributed by atoms with E-state index in [0.717, 1.165) is 37.1 Å². The van der Waals surface area contributed by atoms with Crippen LogP contribution in [0.15, 0.2) is 59.6 Å². The summed E-state index contributed by atoms with van der Waals surface area (Å²) < 4.78 is 27.4. The van der Waals surface area contributed by atoms with Gasteiger partial charge in [0.25, 0.3) is 10.0 Å². The van der Waals surface area contributed by atoms with Crippen molar-refractivity contribution in [2.45, 2.75) is 11.8 Å². The summed E-state index contributed by atoms with van der Waals surface area (Å²) in [6, 6.07) is 14.2. The molecule has 0 unspecified atom stereocenters. The summed E-state index contributed by atoms with van der Waals surface area (Å²) in [5.74, 6) is 0.669. The predicted molar refractivity (Wildman–Crippen MR) is 101 cm³/mol. The Hall–Kier alpha value is -2.35. The zero-order chi connectivity index (χ0) is 18.1. The van der Waals surface area contributed by atoms with E-state index in [0.29, 0.717) is 11.3 Å². The van der Waals surface area contributed by atoms with Gasteiger partial charge in [0.15, 0.2) is 5.75 Å². The van der Waals surface area contributed by atoms with Gasteiger partial charge in [-0.15, -0.1) is 5.06 Å². The monoisotopic (exact) mass is 371 g/mol. The largest absolute Gasteiger partial charge is 0.405 e. The van der Waals surface area contributed by atoms with E-state index in [1.54, 1.807) is 42.6 Å². The van der Waals surface area contributed by atoms with Crippen molar-refractivity contribution in [1.29, 1.82) is 0 Å². The maximum absolute atomic E-state index is 13.0. The molecule has 26 heavy (non-hydrogen) atoms. The van der Waals surface area contributed by atoms with Gasteiger partial charge in [-0.2, -0.15) is 0 Å². The maximum Gasteiger partial charge on any atom is 0.268 e. The minimum Gasteiger partial charge on any atom is -0.405 e. The second-order valence-corrected chi connectivity index (χ2v) is 8.20. The van der Waals surface area contributed by atoms with Gasteiger partial charge in [-0.1, -0.05) is 23.8 Å². The standard InChI is InChI=1S/C19H21N3O3S/c1-15-5-7-16(8-6-15)26(23,24)22-12-9-17-18(22)3-2-4-19(17)25-21-13-10-20-11-14-21/h2-9,12,20H,10-11,13-14H2,1H3. The van der Waals surface area contributed by atoms with E-state index in [1.807, 2.05) is 24.1 Å². The number of hydrogen-bond donors (Lipinski definition) is 1. The third-order valence-corrected chi connectivity index (χ3v) is 6.24. The van der Waals surface area contributed by atoms with Crippen LogP contribution in [0.2, 0.25) is 0 Å². The Labute approximate surface area is 153 Å². The molecule has 1 N–H and O–H groups in total. The molecule has 2 heterocycles. The number of rotatable bonds is 4. The van der Waals surface area contributed by atoms with Crippen LogP contribution in [0, 0.1) is 6.92 Å². The molecular formula is C19H21N3O3S. The number of aromatic nitrogens is 1. The smallest absolute Gasteiger partial charge is 0.268 e. The van der Waals surface area contributed by atoms with Crippen molar-refractivity contribution in [2.24, 2.45) is 0 Å². The summed E-state index contributed by atoms with van der Waals surface area (Å²) in [4.78, 5) is 6.27. The van der Waals surface area contributed by atoms with Crippen LogP contribution in [0.25, 0.3) is 10.9 Å². The van der Waals surface area contributed by atoms with Crippen molar-refractivity contribution in [2.75, 3.05) is 26.2 Å². The highest BCUT2D eigenvalue weighted by Crippen LogP contribution is 2.30. The Balaban J connectivity index is 1.73. The van der Waals surface area contributed by atoms with Gasteiger partial charge in [0.1, 0.15) is 0 Å². The highest BCUT2D eigenvalue weighted by molar-refractivity contribution is 7.90. The number of nitrogens with zero attached hydrogens (tertiary/aromatic N) is 2. The van der Waals surface area contributed by atoms with E-state index >= 15 is 0 Å². The molecule has 0 spiro atoms. The van der Waals surface area contributed by atoms with Crippen molar-refractivity contribution in [3.8, 4) is 5.75 Å². The fraction of sp³-hybridized carbons (Fsp3) is 0.263. The minimum absolute atomic E-state index is 0.272. The van der Waals surface area contributed by atoms with Crippen LogP contribution >= 0.6 is 0 Å². The van der Waals surface area contributed by atoms with Crippen molar-refractivity contribution in [3.63, 3.8) is 0 Å². The molecule has 1 aliphatic rings. The van der Waals surface area contributed by atoms with Crippen LogP contribution in [0.3, 0.4) is 0 Å². The lowest BCUT2D eigenvalue weighted by atomic mass is 10.2. The number of aryl methyl sites for hydroxylation is 1. The summed E-state index contributed by atoms with van der Waals surface area (Å²) >= 11 is 0. The predicted octanol–water partition coefficient (Wildman–Crippen LogP) is 2.39. The normalized spacial score (nSPS) is 16.0. The molecule has 4 rings (SSSR count). The summed E-state index contributed by atoms with van der Waals surface area (Å²) in [7, 11) is -3.65. The second-order valence-electron chi connectivity index (χ2n) is 6.39. The minimum atomic E-state index is -3.65. The first-order valence-corrected chi connectivity index (χ1v) is 10.1. The third kappa shape index (κ3) is 3.09. The average molecular weight is 371 g/mol. The number of hydrogen-bond acceptors (Lipinski definition) is 5. The fourth-order valence-corrected chi connectivity index (χ4v) is 4.45. The molecular weight excluding hydrogens is 350 g/mol. The molecule has 1 aliphatic heterocycles. The Morgan fingerprint density at radius 1 is 1.00 bits per heavy atom. The molecule has 0 aliphatic carbocycles. The van der Waals surface area contributed by atoms with Crippen LogP contribution in [0.4, 0.5) is 0 Å². The van der Waals surface area contributed by atoms with Crippen molar-refractivity contribution >= 4 is 20.9 Å². The van der Waals surface area contributed by atoms with Crippen LogP contribution in [-0.4, -0.2) is 43.6 Å². The Kier molecular flexibility index (Phi) is 4.44. The average Bonchev–Trinajstić information content (AvgIpc) is 3.09. The van der Waals surface area contributed by atoms with E-state index in [2.05, 4.69) is 5.32 Å². The SMILES string of the molecule is Cc1ccc(S(=O)(=O)n2ccc3c(ON4CCNCC4)cccc32)cc1. The quantitative estimate of drug-likeness (QED) is 0.763. The van der Waals surface area contributed by atoms with Gasteiger partial charge in [0.2, 0.25) is 0 Å². The summed E-state index contributed by atoms with van der Waals surface area (Å²) in [6.45, 7) is 5.26. The molecule has 1 aromatic heterocycles. The molecule has 1 fully saturated rings. The molecule has 0 saturated carbocycles. The first-order valence-electron chi connectivity index (χ1n) is 8.62. The number of hydroxylamine groups is 2. The van der Waals surface area contributed by atoms with E-state index in [-0.39, 0.29) is 4.90 Å². The molecule has 6 nitrogen and oxygen atoms in total. The molecule has 136 valence electrons. The van der Waals surface area contributed by atoms with Gasteiger partial charge in [0, 0.05) is 37.8 Å². The Morgan fingerprint density at radius 2 is 1.73 bits per heavy atom. The number of piperazine rings is 1. The lowest BCUT2D eigenvalue weighted by molar-refractivity contribution is -0.0650. The van der Waals surface area contributed by atoms with Gasteiger partial charge in [-0.25, -0.2) is 12.4 Å². The first kappa shape index (κ1) is 17.1. The maximum atomic E-state index is 13.0. The fourth-order valence-electron chi connectivity index (χ4n) is 3.10. The number of benzene rings is 2. The summed E-state index contributed by atoms with van der Waals surface area (Å²) in [6.07, 6.45) is 1.59. The van der Waals surface area contributed by atoms with E-state index < -0.39 is 10.0 Å². The molecule has 1 saturated heterocycles. The highest BCUT2D eigenvalue weighted by Gasteiger charge is 2.21. The van der Waals surface area contributed by atoms with Crippen molar-refractivity contribution in [1.82, 2.24) is 14.4 Å². The van der Waals surface area contributed by atoms with Crippen LogP contribution in [-0.2, 0) is 10.0 Å². The van der Waals surface area contributed by atoms with Crippen molar-refractivity contribution in [3.05, 3.63) is 60.3 Å². The van der Waals surface area contributed by atoms with E-state index in [1.165, 1.54) is 3.97 Å². The van der Waals surface area contributed by atoms with Crippen LogP contribution in [0.1, 0.15) is 5.56 Å². The summed E-state index contributed by atoms with van der Waals surface area (Å²) in [5.41, 5.74) is 1.63. The molecule has 7 heteroatoms. The van der Waals surface area contributed by atoms with E-state index in [9.17, 15) is 8.42 Å². The first-order chi connectivity index (χ1) is 12.6. The molecule has 3 aromatic rings. The van der Waals surface area contributed by atoms with Gasteiger partial charge in [-0.3, -0.25) is 0 Å². The Morgan fingerprint density at radius 3 is 2.46 bits per heavy atom. The summed E-state index contributed by atoms with van der Waals surface area (Å²) in [5, 5.41) is 5.96. The van der Waals surface area contributed by atoms with Gasteiger partial charge in [-0.05, 0) is 37.3 Å². The number of fused-ring (bicyclic) bond motifs is 1. The second kappa shape index (κ2) is 6.75. The van der Waals surface area contributed by atoms with Gasteiger partial charge >= 0.3 is 0 Å². The zero-order valence-corrected chi connectivity index (χ0v) is 15.4. The molecule has 2 aromatic carbocycles. The van der Waals surface area contributed by atoms with Crippen LogP contribution < -0.4 is 10.2 Å². The van der Waals surface area contributed by atoms with Gasteiger partial charge in [0.05, 0.1) is 10.4 Å². The molecule has 0 atom stereocenters. The van der Waals surface area contributed by atoms with Crippen LogP contribution in [0.5, 0.6) is 5.75 Å². The van der Waals surface area contributed by atoms with E-state index in [4.69, 9.17) is 4.84 Å². The number of nitrogens with one attached hydrogen (secondary N) is 1.